The summed E-state index contributed by atoms with van der Waals surface area (Å²) >= 11 is 0. The maximum absolute atomic E-state index is 12.9. The van der Waals surface area contributed by atoms with E-state index in [-0.39, 0.29) is 30.6 Å². The van der Waals surface area contributed by atoms with Gasteiger partial charge in [-0.2, -0.15) is 5.10 Å². The standard InChI is InChI=1S/C24H31N5O3/c1-27-20-13-16-29(22(31)12-11-21(30)28-14-7-2-3-8-15-28)17-19(20)23(26-27)24(32)25-18-9-5-4-6-10-18/h4-6,9-10H,2-3,7-8,11-17H2,1H3,(H,25,32). The van der Waals surface area contributed by atoms with Crippen LogP contribution in [0.5, 0.6) is 0 Å². The molecule has 1 aromatic carbocycles. The molecule has 0 unspecified atom stereocenters. The summed E-state index contributed by atoms with van der Waals surface area (Å²) in [6, 6.07) is 9.25. The number of carbonyl (C=O) groups excluding carboxylic acids is 3. The Morgan fingerprint density at radius 2 is 1.56 bits per heavy atom. The van der Waals surface area contributed by atoms with Crippen LogP contribution in [0.4, 0.5) is 5.69 Å². The molecule has 8 nitrogen and oxygen atoms in total. The van der Waals surface area contributed by atoms with E-state index in [4.69, 9.17) is 0 Å². The van der Waals surface area contributed by atoms with Gasteiger partial charge in [-0.25, -0.2) is 0 Å². The van der Waals surface area contributed by atoms with Crippen LogP contribution in [-0.2, 0) is 29.6 Å². The SMILES string of the molecule is Cn1nc(C(=O)Nc2ccccc2)c2c1CCN(C(=O)CCC(=O)N1CCCCCC1)C2. The third-order valence-electron chi connectivity index (χ3n) is 6.35. The maximum Gasteiger partial charge on any atom is 0.276 e. The van der Waals surface area contributed by atoms with Gasteiger partial charge in [0.1, 0.15) is 0 Å². The van der Waals surface area contributed by atoms with Crippen molar-refractivity contribution in [3.8, 4) is 0 Å². The van der Waals surface area contributed by atoms with Crippen LogP contribution in [0.2, 0.25) is 0 Å². The second-order valence-corrected chi connectivity index (χ2v) is 8.58. The van der Waals surface area contributed by atoms with E-state index >= 15 is 0 Å². The average Bonchev–Trinajstić information content (AvgIpc) is 2.96. The van der Waals surface area contributed by atoms with Crippen molar-refractivity contribution in [2.75, 3.05) is 25.0 Å². The fourth-order valence-electron chi connectivity index (χ4n) is 4.55. The van der Waals surface area contributed by atoms with Gasteiger partial charge in [-0.3, -0.25) is 19.1 Å². The monoisotopic (exact) mass is 437 g/mol. The number of anilines is 1. The topological polar surface area (TPSA) is 87.5 Å². The lowest BCUT2D eigenvalue weighted by Gasteiger charge is -2.28. The molecule has 3 amide bonds. The first-order chi connectivity index (χ1) is 15.5. The van der Waals surface area contributed by atoms with Crippen molar-refractivity contribution in [2.45, 2.75) is 51.5 Å². The number of nitrogens with one attached hydrogen (secondary N) is 1. The average molecular weight is 438 g/mol. The minimum Gasteiger partial charge on any atom is -0.343 e. The van der Waals surface area contributed by atoms with Gasteiger partial charge in [-0.15, -0.1) is 0 Å². The number of carbonyl (C=O) groups is 3. The quantitative estimate of drug-likeness (QED) is 0.779. The number of amides is 3. The fourth-order valence-corrected chi connectivity index (χ4v) is 4.55. The third kappa shape index (κ3) is 5.00. The molecule has 170 valence electrons. The van der Waals surface area contributed by atoms with Crippen LogP contribution < -0.4 is 5.32 Å². The number of hydrogen-bond donors (Lipinski definition) is 1. The van der Waals surface area contributed by atoms with Gasteiger partial charge < -0.3 is 15.1 Å². The summed E-state index contributed by atoms with van der Waals surface area (Å²) in [6.45, 7) is 2.52. The van der Waals surface area contributed by atoms with Crippen LogP contribution in [-0.4, -0.2) is 56.9 Å². The highest BCUT2D eigenvalue weighted by molar-refractivity contribution is 6.04. The van der Waals surface area contributed by atoms with Gasteiger partial charge in [0.05, 0.1) is 0 Å². The lowest BCUT2D eigenvalue weighted by molar-refractivity contribution is -0.137. The number of benzene rings is 1. The number of nitrogens with zero attached hydrogens (tertiary/aromatic N) is 4. The van der Waals surface area contributed by atoms with E-state index in [1.807, 2.05) is 42.3 Å². The van der Waals surface area contributed by atoms with Crippen LogP contribution in [0.25, 0.3) is 0 Å². The van der Waals surface area contributed by atoms with E-state index < -0.39 is 0 Å². The van der Waals surface area contributed by atoms with Crippen LogP contribution in [0.3, 0.4) is 0 Å². The number of rotatable bonds is 5. The molecule has 4 rings (SSSR count). The van der Waals surface area contributed by atoms with Crippen molar-refractivity contribution < 1.29 is 14.4 Å². The van der Waals surface area contributed by atoms with E-state index in [1.54, 1.807) is 9.58 Å². The normalized spacial score (nSPS) is 16.3. The molecule has 0 spiro atoms. The highest BCUT2D eigenvalue weighted by Gasteiger charge is 2.29. The molecule has 0 bridgehead atoms. The number of aromatic nitrogens is 2. The van der Waals surface area contributed by atoms with E-state index in [9.17, 15) is 14.4 Å². The zero-order valence-electron chi connectivity index (χ0n) is 18.7. The molecule has 2 aromatic rings. The van der Waals surface area contributed by atoms with Gasteiger partial charge in [0.15, 0.2) is 5.69 Å². The highest BCUT2D eigenvalue weighted by Crippen LogP contribution is 2.24. The Balaban J connectivity index is 1.38. The molecule has 1 aromatic heterocycles. The molecule has 1 saturated heterocycles. The largest absolute Gasteiger partial charge is 0.343 e. The Bertz CT molecular complexity index is 977. The van der Waals surface area contributed by atoms with Gasteiger partial charge in [-0.05, 0) is 25.0 Å². The molecule has 32 heavy (non-hydrogen) atoms. The summed E-state index contributed by atoms with van der Waals surface area (Å²) in [4.78, 5) is 41.9. The van der Waals surface area contributed by atoms with Gasteiger partial charge in [-0.1, -0.05) is 31.0 Å². The van der Waals surface area contributed by atoms with Crippen LogP contribution in [0.1, 0.15) is 60.3 Å². The zero-order valence-corrected chi connectivity index (χ0v) is 18.7. The molecule has 1 fully saturated rings. The number of aryl methyl sites for hydroxylation is 1. The summed E-state index contributed by atoms with van der Waals surface area (Å²) in [6.07, 6.45) is 5.53. The fraction of sp³-hybridized carbons (Fsp3) is 0.500. The van der Waals surface area contributed by atoms with Crippen molar-refractivity contribution in [1.29, 1.82) is 0 Å². The van der Waals surface area contributed by atoms with E-state index in [2.05, 4.69) is 10.4 Å². The molecule has 3 heterocycles. The van der Waals surface area contributed by atoms with E-state index in [1.165, 1.54) is 12.8 Å². The van der Waals surface area contributed by atoms with E-state index in [0.29, 0.717) is 30.9 Å². The number of hydrogen-bond acceptors (Lipinski definition) is 4. The Kier molecular flexibility index (Phi) is 6.87. The second kappa shape index (κ2) is 9.97. The van der Waals surface area contributed by atoms with Gasteiger partial charge in [0.2, 0.25) is 11.8 Å². The zero-order chi connectivity index (χ0) is 22.5. The first-order valence-corrected chi connectivity index (χ1v) is 11.5. The van der Waals surface area contributed by atoms with Crippen molar-refractivity contribution in [2.24, 2.45) is 7.05 Å². The van der Waals surface area contributed by atoms with Crippen molar-refractivity contribution >= 4 is 23.4 Å². The highest BCUT2D eigenvalue weighted by atomic mass is 16.2. The van der Waals surface area contributed by atoms with Gasteiger partial charge in [0.25, 0.3) is 5.91 Å². The molecule has 2 aliphatic rings. The molecule has 8 heteroatoms. The molecular weight excluding hydrogens is 406 g/mol. The Morgan fingerprint density at radius 1 is 0.906 bits per heavy atom. The first kappa shape index (κ1) is 22.0. The van der Waals surface area contributed by atoms with Gasteiger partial charge in [0, 0.05) is 69.4 Å². The third-order valence-corrected chi connectivity index (χ3v) is 6.35. The predicted octanol–water partition coefficient (Wildman–Crippen LogP) is 2.74. The molecule has 2 aliphatic heterocycles. The van der Waals surface area contributed by atoms with Crippen LogP contribution >= 0.6 is 0 Å². The minimum absolute atomic E-state index is 0.0444. The van der Waals surface area contributed by atoms with E-state index in [0.717, 1.165) is 37.2 Å². The van der Waals surface area contributed by atoms with Crippen LogP contribution in [0, 0.1) is 0 Å². The smallest absolute Gasteiger partial charge is 0.276 e. The Hall–Kier alpha value is -3.16. The molecule has 1 N–H and O–H groups in total. The Labute approximate surface area is 188 Å². The summed E-state index contributed by atoms with van der Waals surface area (Å²) in [7, 11) is 1.83. The molecule has 0 atom stereocenters. The van der Waals surface area contributed by atoms with Crippen molar-refractivity contribution in [3.63, 3.8) is 0 Å². The molecule has 0 saturated carbocycles. The van der Waals surface area contributed by atoms with Crippen LogP contribution in [0.15, 0.2) is 30.3 Å². The second-order valence-electron chi connectivity index (χ2n) is 8.58. The summed E-state index contributed by atoms with van der Waals surface area (Å²) < 4.78 is 1.74. The molecular formula is C24H31N5O3. The molecule has 0 aliphatic carbocycles. The minimum atomic E-state index is -0.279. The predicted molar refractivity (Wildman–Crippen MR) is 121 cm³/mol. The van der Waals surface area contributed by atoms with Gasteiger partial charge >= 0.3 is 0 Å². The van der Waals surface area contributed by atoms with Crippen molar-refractivity contribution in [1.82, 2.24) is 19.6 Å². The lowest BCUT2D eigenvalue weighted by Crippen LogP contribution is -2.38. The maximum atomic E-state index is 12.9. The number of para-hydroxylation sites is 1. The lowest BCUT2D eigenvalue weighted by atomic mass is 10.0. The Morgan fingerprint density at radius 3 is 2.25 bits per heavy atom. The summed E-state index contributed by atoms with van der Waals surface area (Å²) in [5.41, 5.74) is 2.82. The number of fused-ring (bicyclic) bond motifs is 1. The summed E-state index contributed by atoms with van der Waals surface area (Å²) in [5.74, 6) is -0.252. The summed E-state index contributed by atoms with van der Waals surface area (Å²) in [5, 5.41) is 7.31. The number of likely N-dealkylation sites (tertiary alicyclic amines) is 1. The molecule has 0 radical (unpaired) electrons. The first-order valence-electron chi connectivity index (χ1n) is 11.5. The van der Waals surface area contributed by atoms with Crippen molar-refractivity contribution in [3.05, 3.63) is 47.3 Å².